The molecule has 0 spiro atoms. The molecule has 128 valence electrons. The third kappa shape index (κ3) is 3.35. The van der Waals surface area contributed by atoms with Crippen molar-refractivity contribution in [3.63, 3.8) is 0 Å². The first-order chi connectivity index (χ1) is 12.0. The van der Waals surface area contributed by atoms with Crippen molar-refractivity contribution in [1.82, 2.24) is 4.90 Å². The van der Waals surface area contributed by atoms with E-state index in [0.717, 1.165) is 5.56 Å². The Kier molecular flexibility index (Phi) is 4.47. The number of hydrogen-bond acceptors (Lipinski definition) is 4. The number of benzene rings is 2. The van der Waals surface area contributed by atoms with Crippen molar-refractivity contribution in [2.24, 2.45) is 0 Å². The van der Waals surface area contributed by atoms with Crippen molar-refractivity contribution in [2.75, 3.05) is 11.9 Å². The van der Waals surface area contributed by atoms with Gasteiger partial charge in [-0.15, -0.1) is 0 Å². The van der Waals surface area contributed by atoms with Crippen molar-refractivity contribution in [1.29, 1.82) is 0 Å². The number of hydrogen-bond donors (Lipinski definition) is 1. The van der Waals surface area contributed by atoms with E-state index in [1.54, 1.807) is 0 Å². The Morgan fingerprint density at radius 3 is 2.72 bits per heavy atom. The molecule has 1 aliphatic heterocycles. The number of nitro benzene ring substituents is 1. The number of nitrogens with one attached hydrogen (secondary N) is 1. The maximum absolute atomic E-state index is 12.5. The quantitative estimate of drug-likeness (QED) is 0.517. The van der Waals surface area contributed by atoms with E-state index in [4.69, 9.17) is 0 Å². The summed E-state index contributed by atoms with van der Waals surface area (Å²) in [5, 5.41) is 13.2. The number of amides is 2. The van der Waals surface area contributed by atoms with Gasteiger partial charge < -0.3 is 10.2 Å². The fourth-order valence-corrected chi connectivity index (χ4v) is 3.06. The minimum Gasteiger partial charge on any atom is -0.327 e. The lowest BCUT2D eigenvalue weighted by molar-refractivity contribution is -0.384. The van der Waals surface area contributed by atoms with Crippen LogP contribution < -0.4 is 5.32 Å². The zero-order valence-corrected chi connectivity index (χ0v) is 13.6. The summed E-state index contributed by atoms with van der Waals surface area (Å²) < 4.78 is 0. The van der Waals surface area contributed by atoms with Crippen LogP contribution in [0, 0.1) is 10.1 Å². The van der Waals surface area contributed by atoms with Crippen LogP contribution in [-0.2, 0) is 16.0 Å². The van der Waals surface area contributed by atoms with Gasteiger partial charge in [0, 0.05) is 24.4 Å². The van der Waals surface area contributed by atoms with Gasteiger partial charge in [-0.1, -0.05) is 30.3 Å². The number of fused-ring (bicyclic) bond motifs is 1. The molecular weight excluding hydrogens is 322 g/mol. The van der Waals surface area contributed by atoms with Crippen LogP contribution in [0.15, 0.2) is 48.5 Å². The molecule has 1 N–H and O–H groups in total. The predicted octanol–water partition coefficient (Wildman–Crippen LogP) is 2.68. The smallest absolute Gasteiger partial charge is 0.313 e. The van der Waals surface area contributed by atoms with Crippen LogP contribution in [0.5, 0.6) is 0 Å². The number of carbonyl (C=O) groups excluding carboxylic acids is 2. The Bertz CT molecular complexity index is 850. The molecule has 0 radical (unpaired) electrons. The highest BCUT2D eigenvalue weighted by molar-refractivity contribution is 6.39. The van der Waals surface area contributed by atoms with E-state index < -0.39 is 16.7 Å². The second-order valence-electron chi connectivity index (χ2n) is 5.88. The fraction of sp³-hybridized carbons (Fsp3) is 0.222. The number of nitrogens with zero attached hydrogens (tertiary/aromatic N) is 2. The van der Waals surface area contributed by atoms with Crippen LogP contribution in [0.1, 0.15) is 24.1 Å². The van der Waals surface area contributed by atoms with Gasteiger partial charge in [-0.2, -0.15) is 0 Å². The second kappa shape index (κ2) is 6.72. The molecule has 0 saturated heterocycles. The van der Waals surface area contributed by atoms with Crippen molar-refractivity contribution in [3.05, 3.63) is 69.8 Å². The van der Waals surface area contributed by atoms with Crippen molar-refractivity contribution in [3.8, 4) is 0 Å². The van der Waals surface area contributed by atoms with E-state index in [0.29, 0.717) is 13.0 Å². The fourth-order valence-electron chi connectivity index (χ4n) is 3.06. The van der Waals surface area contributed by atoms with E-state index in [9.17, 15) is 19.7 Å². The average molecular weight is 339 g/mol. The standard InChI is InChI=1S/C18H17N3O4/c1-12-16-8-3-2-5-13(16)9-10-20(12)18(23)17(22)19-14-6-4-7-15(11-14)21(24)25/h2-8,11-12H,9-10H2,1H3,(H,19,22)/t12-/m1/s1. The van der Waals surface area contributed by atoms with Crippen molar-refractivity contribution >= 4 is 23.2 Å². The minimum absolute atomic E-state index is 0.148. The normalized spacial score (nSPS) is 16.0. The maximum atomic E-state index is 12.5. The summed E-state index contributed by atoms with van der Waals surface area (Å²) in [5.41, 5.74) is 2.28. The van der Waals surface area contributed by atoms with Crippen LogP contribution >= 0.6 is 0 Å². The van der Waals surface area contributed by atoms with Crippen molar-refractivity contribution < 1.29 is 14.5 Å². The molecule has 0 aliphatic carbocycles. The van der Waals surface area contributed by atoms with E-state index in [1.807, 2.05) is 31.2 Å². The molecule has 0 aromatic heterocycles. The van der Waals surface area contributed by atoms with Crippen LogP contribution in [0.25, 0.3) is 0 Å². The number of non-ortho nitro benzene ring substituents is 1. The molecule has 1 aliphatic rings. The van der Waals surface area contributed by atoms with Crippen LogP contribution in [0.2, 0.25) is 0 Å². The summed E-state index contributed by atoms with van der Waals surface area (Å²) in [4.78, 5) is 36.6. The van der Waals surface area contributed by atoms with Gasteiger partial charge in [0.25, 0.3) is 5.69 Å². The van der Waals surface area contributed by atoms with E-state index in [2.05, 4.69) is 5.32 Å². The third-order valence-electron chi connectivity index (χ3n) is 4.36. The van der Waals surface area contributed by atoms with E-state index >= 15 is 0 Å². The molecule has 2 aromatic rings. The molecule has 2 aromatic carbocycles. The lowest BCUT2D eigenvalue weighted by Gasteiger charge is -2.34. The molecule has 0 saturated carbocycles. The van der Waals surface area contributed by atoms with Gasteiger partial charge in [0.1, 0.15) is 0 Å². The lowest BCUT2D eigenvalue weighted by atomic mass is 9.93. The highest BCUT2D eigenvalue weighted by Gasteiger charge is 2.31. The predicted molar refractivity (Wildman–Crippen MR) is 92.0 cm³/mol. The Balaban J connectivity index is 1.74. The third-order valence-corrected chi connectivity index (χ3v) is 4.36. The lowest BCUT2D eigenvalue weighted by Crippen LogP contribution is -2.44. The van der Waals surface area contributed by atoms with Crippen LogP contribution in [-0.4, -0.2) is 28.2 Å². The highest BCUT2D eigenvalue weighted by Crippen LogP contribution is 2.29. The van der Waals surface area contributed by atoms with Gasteiger partial charge in [-0.25, -0.2) is 0 Å². The largest absolute Gasteiger partial charge is 0.327 e. The Hall–Kier alpha value is -3.22. The molecule has 3 rings (SSSR count). The topological polar surface area (TPSA) is 92.6 Å². The summed E-state index contributed by atoms with van der Waals surface area (Å²) in [7, 11) is 0. The van der Waals surface area contributed by atoms with E-state index in [1.165, 1.54) is 34.7 Å². The molecule has 25 heavy (non-hydrogen) atoms. The molecule has 7 heteroatoms. The minimum atomic E-state index is -0.799. The van der Waals surface area contributed by atoms with Crippen molar-refractivity contribution in [2.45, 2.75) is 19.4 Å². The Morgan fingerprint density at radius 2 is 1.96 bits per heavy atom. The molecular formula is C18H17N3O4. The summed E-state index contributed by atoms with van der Waals surface area (Å²) in [6.45, 7) is 2.34. The number of nitro groups is 1. The highest BCUT2D eigenvalue weighted by atomic mass is 16.6. The first-order valence-corrected chi connectivity index (χ1v) is 7.91. The zero-order valence-electron chi connectivity index (χ0n) is 13.6. The molecule has 0 bridgehead atoms. The summed E-state index contributed by atoms with van der Waals surface area (Å²) in [5.74, 6) is -1.44. The molecule has 1 heterocycles. The first kappa shape index (κ1) is 16.6. The average Bonchev–Trinajstić information content (AvgIpc) is 2.62. The van der Waals surface area contributed by atoms with Crippen LogP contribution in [0.4, 0.5) is 11.4 Å². The Morgan fingerprint density at radius 1 is 1.20 bits per heavy atom. The zero-order chi connectivity index (χ0) is 18.0. The van der Waals surface area contributed by atoms with Gasteiger partial charge in [-0.3, -0.25) is 19.7 Å². The monoisotopic (exact) mass is 339 g/mol. The number of anilines is 1. The number of rotatable bonds is 2. The van der Waals surface area contributed by atoms with Gasteiger partial charge >= 0.3 is 11.8 Å². The summed E-state index contributed by atoms with van der Waals surface area (Å²) in [6, 6.07) is 13.2. The number of carbonyl (C=O) groups is 2. The van der Waals surface area contributed by atoms with Gasteiger partial charge in [0.05, 0.1) is 11.0 Å². The second-order valence-corrected chi connectivity index (χ2v) is 5.88. The van der Waals surface area contributed by atoms with Gasteiger partial charge in [-0.05, 0) is 30.5 Å². The first-order valence-electron chi connectivity index (χ1n) is 7.91. The Labute approximate surface area is 144 Å². The van der Waals surface area contributed by atoms with E-state index in [-0.39, 0.29) is 17.4 Å². The van der Waals surface area contributed by atoms with Gasteiger partial charge in [0.15, 0.2) is 0 Å². The SMILES string of the molecule is C[C@@H]1c2ccccc2CCN1C(=O)C(=O)Nc1cccc([N+](=O)[O-])c1. The summed E-state index contributed by atoms with van der Waals surface area (Å²) in [6.07, 6.45) is 0.691. The molecule has 0 unspecified atom stereocenters. The molecule has 1 atom stereocenters. The van der Waals surface area contributed by atoms with Gasteiger partial charge in [0.2, 0.25) is 0 Å². The summed E-state index contributed by atoms with van der Waals surface area (Å²) >= 11 is 0. The molecule has 2 amide bonds. The van der Waals surface area contributed by atoms with Crippen LogP contribution in [0.3, 0.4) is 0 Å². The molecule has 0 fully saturated rings. The molecule has 7 nitrogen and oxygen atoms in total. The maximum Gasteiger partial charge on any atom is 0.313 e.